The number of nitrogens with zero attached hydrogens (tertiary/aromatic N) is 1. The minimum atomic E-state index is -3.17. The number of aliphatic hydroxyl groups is 1. The smallest absolute Gasteiger partial charge is 0.175 e. The molecule has 0 aliphatic carbocycles. The molecule has 136 valence electrons. The molecule has 0 spiro atoms. The molecule has 0 bridgehead atoms. The number of hydrogen-bond donors (Lipinski definition) is 1. The number of aliphatic hydroxyl groups excluding tert-OH is 1. The van der Waals surface area contributed by atoms with E-state index in [1.54, 1.807) is 24.3 Å². The third-order valence-electron chi connectivity index (χ3n) is 4.72. The topological polar surface area (TPSA) is 66.8 Å². The first-order valence-corrected chi connectivity index (χ1v) is 10.4. The molecule has 3 unspecified atom stereocenters. The summed E-state index contributed by atoms with van der Waals surface area (Å²) < 4.78 is 28.7. The molecule has 1 aliphatic rings. The maximum Gasteiger partial charge on any atom is 0.175 e. The van der Waals surface area contributed by atoms with E-state index in [-0.39, 0.29) is 12.0 Å². The zero-order chi connectivity index (χ0) is 17.9. The molecule has 0 aromatic heterocycles. The number of hydrogen-bond acceptors (Lipinski definition) is 5. The first-order valence-electron chi connectivity index (χ1n) is 8.52. The Morgan fingerprint density at radius 2 is 1.92 bits per heavy atom. The van der Waals surface area contributed by atoms with Gasteiger partial charge in [0.05, 0.1) is 17.6 Å². The van der Waals surface area contributed by atoms with Crippen LogP contribution < -0.4 is 4.74 Å². The molecule has 1 aromatic rings. The maximum atomic E-state index is 11.5. The van der Waals surface area contributed by atoms with Gasteiger partial charge in [0.1, 0.15) is 5.75 Å². The van der Waals surface area contributed by atoms with E-state index in [9.17, 15) is 13.5 Å². The van der Waals surface area contributed by atoms with Gasteiger partial charge in [-0.2, -0.15) is 0 Å². The van der Waals surface area contributed by atoms with Crippen molar-refractivity contribution in [3.63, 3.8) is 0 Å². The van der Waals surface area contributed by atoms with Crippen molar-refractivity contribution >= 4 is 9.84 Å². The van der Waals surface area contributed by atoms with Crippen LogP contribution in [0.2, 0.25) is 0 Å². The summed E-state index contributed by atoms with van der Waals surface area (Å²) in [7, 11) is -3.17. The van der Waals surface area contributed by atoms with Crippen LogP contribution in [0.15, 0.2) is 29.2 Å². The van der Waals surface area contributed by atoms with Crippen LogP contribution in [0.3, 0.4) is 0 Å². The van der Waals surface area contributed by atoms with Gasteiger partial charge in [0.15, 0.2) is 9.84 Å². The maximum absolute atomic E-state index is 11.5. The van der Waals surface area contributed by atoms with Crippen LogP contribution in [0, 0.1) is 11.8 Å². The van der Waals surface area contributed by atoms with Crippen molar-refractivity contribution in [2.24, 2.45) is 11.8 Å². The van der Waals surface area contributed by atoms with Crippen LogP contribution in [-0.4, -0.2) is 56.5 Å². The fourth-order valence-electron chi connectivity index (χ4n) is 3.04. The Bertz CT molecular complexity index is 627. The Labute approximate surface area is 145 Å². The lowest BCUT2D eigenvalue weighted by Gasteiger charge is -2.26. The quantitative estimate of drug-likeness (QED) is 0.812. The van der Waals surface area contributed by atoms with E-state index in [4.69, 9.17) is 4.74 Å². The number of sulfone groups is 1. The summed E-state index contributed by atoms with van der Waals surface area (Å²) in [6, 6.07) is 7.00. The van der Waals surface area contributed by atoms with Crippen LogP contribution in [0.1, 0.15) is 27.2 Å². The minimum Gasteiger partial charge on any atom is -0.493 e. The molecule has 0 radical (unpaired) electrons. The Hall–Kier alpha value is -1.11. The molecule has 2 rings (SSSR count). The lowest BCUT2D eigenvalue weighted by Crippen LogP contribution is -2.37. The van der Waals surface area contributed by atoms with Crippen LogP contribution in [0.5, 0.6) is 5.75 Å². The molecule has 0 saturated carbocycles. The van der Waals surface area contributed by atoms with Gasteiger partial charge in [-0.15, -0.1) is 0 Å². The van der Waals surface area contributed by atoms with E-state index in [0.29, 0.717) is 35.8 Å². The lowest BCUT2D eigenvalue weighted by molar-refractivity contribution is 0.0720. The molecule has 24 heavy (non-hydrogen) atoms. The molecular formula is C18H29NO4S. The van der Waals surface area contributed by atoms with Gasteiger partial charge in [-0.1, -0.05) is 13.8 Å². The lowest BCUT2D eigenvalue weighted by atomic mass is 10.1. The zero-order valence-electron chi connectivity index (χ0n) is 15.0. The van der Waals surface area contributed by atoms with E-state index < -0.39 is 9.84 Å². The molecule has 1 fully saturated rings. The van der Waals surface area contributed by atoms with Gasteiger partial charge in [-0.3, -0.25) is 4.90 Å². The Balaban J connectivity index is 1.85. The van der Waals surface area contributed by atoms with Gasteiger partial charge in [0, 0.05) is 31.3 Å². The highest BCUT2D eigenvalue weighted by atomic mass is 32.2. The molecule has 1 aliphatic heterocycles. The monoisotopic (exact) mass is 355 g/mol. The van der Waals surface area contributed by atoms with E-state index in [1.165, 1.54) is 6.26 Å². The summed E-state index contributed by atoms with van der Waals surface area (Å²) in [5.74, 6) is 1.38. The third-order valence-corrected chi connectivity index (χ3v) is 5.85. The molecule has 1 aromatic carbocycles. The Kier molecular flexibility index (Phi) is 6.28. The van der Waals surface area contributed by atoms with E-state index in [1.807, 2.05) is 13.8 Å². The van der Waals surface area contributed by atoms with E-state index in [0.717, 1.165) is 13.0 Å². The van der Waals surface area contributed by atoms with Crippen molar-refractivity contribution in [2.75, 3.05) is 26.0 Å². The second-order valence-electron chi connectivity index (χ2n) is 7.27. The number of benzene rings is 1. The predicted octanol–water partition coefficient (Wildman–Crippen LogP) is 2.20. The summed E-state index contributed by atoms with van der Waals surface area (Å²) in [5.41, 5.74) is 0. The Morgan fingerprint density at radius 1 is 1.29 bits per heavy atom. The largest absolute Gasteiger partial charge is 0.493 e. The van der Waals surface area contributed by atoms with Crippen LogP contribution in [-0.2, 0) is 9.84 Å². The summed E-state index contributed by atoms with van der Waals surface area (Å²) in [6.07, 6.45) is 1.95. The van der Waals surface area contributed by atoms with E-state index >= 15 is 0 Å². The molecule has 5 nitrogen and oxygen atoms in total. The molecule has 1 saturated heterocycles. The minimum absolute atomic E-state index is 0.265. The standard InChI is InChI=1S/C18H29NO4S/c1-13(2)18(20)11-19-10-15(9-14(19)3)12-23-16-5-7-17(8-6-16)24(4,21)22/h5-8,13-15,18,20H,9-12H2,1-4H3. The molecular weight excluding hydrogens is 326 g/mol. The number of β-amino-alcohol motifs (C(OH)–C–C–N with tert-alkyl or cyclic N) is 1. The highest BCUT2D eigenvalue weighted by Gasteiger charge is 2.31. The van der Waals surface area contributed by atoms with Gasteiger partial charge in [-0.05, 0) is 43.5 Å². The Morgan fingerprint density at radius 3 is 2.46 bits per heavy atom. The van der Waals surface area contributed by atoms with Crippen LogP contribution >= 0.6 is 0 Å². The summed E-state index contributed by atoms with van der Waals surface area (Å²) in [6.45, 7) is 8.49. The molecule has 0 amide bonds. The molecule has 1 heterocycles. The number of likely N-dealkylation sites (tertiary alicyclic amines) is 1. The predicted molar refractivity (Wildman–Crippen MR) is 95.0 cm³/mol. The molecule has 1 N–H and O–H groups in total. The second kappa shape index (κ2) is 7.85. The van der Waals surface area contributed by atoms with Crippen LogP contribution in [0.4, 0.5) is 0 Å². The van der Waals surface area contributed by atoms with Gasteiger partial charge < -0.3 is 9.84 Å². The van der Waals surface area contributed by atoms with E-state index in [2.05, 4.69) is 11.8 Å². The van der Waals surface area contributed by atoms with Crippen molar-refractivity contribution in [2.45, 2.75) is 44.2 Å². The first kappa shape index (κ1) is 19.2. The van der Waals surface area contributed by atoms with Gasteiger partial charge in [-0.25, -0.2) is 8.42 Å². The SMILES string of the molecule is CC(C)C(O)CN1CC(COc2ccc(S(C)(=O)=O)cc2)CC1C. The average molecular weight is 356 g/mol. The fraction of sp³-hybridized carbons (Fsp3) is 0.667. The van der Waals surface area contributed by atoms with Crippen molar-refractivity contribution < 1.29 is 18.3 Å². The number of rotatable bonds is 7. The summed E-state index contributed by atoms with van der Waals surface area (Å²) >= 11 is 0. The van der Waals surface area contributed by atoms with Gasteiger partial charge >= 0.3 is 0 Å². The van der Waals surface area contributed by atoms with Crippen molar-refractivity contribution in [1.82, 2.24) is 4.90 Å². The van der Waals surface area contributed by atoms with Gasteiger partial charge in [0.2, 0.25) is 0 Å². The normalized spacial score (nSPS) is 23.6. The highest BCUT2D eigenvalue weighted by Crippen LogP contribution is 2.25. The first-order chi connectivity index (χ1) is 11.2. The summed E-state index contributed by atoms with van der Waals surface area (Å²) in [4.78, 5) is 2.63. The highest BCUT2D eigenvalue weighted by molar-refractivity contribution is 7.90. The zero-order valence-corrected chi connectivity index (χ0v) is 15.8. The van der Waals surface area contributed by atoms with Gasteiger partial charge in [0.25, 0.3) is 0 Å². The third kappa shape index (κ3) is 5.19. The van der Waals surface area contributed by atoms with Crippen molar-refractivity contribution in [3.8, 4) is 5.75 Å². The average Bonchev–Trinajstić information content (AvgIpc) is 2.84. The second-order valence-corrected chi connectivity index (χ2v) is 9.29. The van der Waals surface area contributed by atoms with Crippen LogP contribution in [0.25, 0.3) is 0 Å². The summed E-state index contributed by atoms with van der Waals surface area (Å²) in [5, 5.41) is 10.1. The molecule has 3 atom stereocenters. The fourth-order valence-corrected chi connectivity index (χ4v) is 3.67. The van der Waals surface area contributed by atoms with Crippen molar-refractivity contribution in [3.05, 3.63) is 24.3 Å². The molecule has 6 heteroatoms. The van der Waals surface area contributed by atoms with Crippen molar-refractivity contribution in [1.29, 1.82) is 0 Å². The number of ether oxygens (including phenoxy) is 1.